The van der Waals surface area contributed by atoms with Gasteiger partial charge >= 0.3 is 5.69 Å². The summed E-state index contributed by atoms with van der Waals surface area (Å²) in [7, 11) is 0. The Morgan fingerprint density at radius 2 is 1.89 bits per heavy atom. The number of rotatable bonds is 4. The second-order valence-corrected chi connectivity index (χ2v) is 4.05. The first-order valence-electron chi connectivity index (χ1n) is 5.70. The third-order valence-electron chi connectivity index (χ3n) is 2.74. The van der Waals surface area contributed by atoms with Crippen molar-refractivity contribution < 1.29 is 14.1 Å². The van der Waals surface area contributed by atoms with Crippen molar-refractivity contribution in [3.05, 3.63) is 69.5 Å². The molecule has 0 saturated carbocycles. The maximum Gasteiger partial charge on any atom is 0.311 e. The first-order valence-corrected chi connectivity index (χ1v) is 5.70. The number of ether oxygens (including phenoxy) is 1. The fraction of sp³-hybridized carbons (Fsp3) is 0.143. The highest BCUT2D eigenvalue weighted by molar-refractivity contribution is 5.51. The highest BCUT2D eigenvalue weighted by Crippen LogP contribution is 2.32. The normalized spacial score (nSPS) is 10.2. The lowest BCUT2D eigenvalue weighted by atomic mass is 10.2. The van der Waals surface area contributed by atoms with Crippen LogP contribution in [0, 0.1) is 22.9 Å². The van der Waals surface area contributed by atoms with Gasteiger partial charge in [0.1, 0.15) is 12.4 Å². The highest BCUT2D eigenvalue weighted by Gasteiger charge is 2.20. The van der Waals surface area contributed by atoms with Crippen molar-refractivity contribution in [1.82, 2.24) is 0 Å². The molecule has 19 heavy (non-hydrogen) atoms. The van der Waals surface area contributed by atoms with Gasteiger partial charge in [-0.1, -0.05) is 30.3 Å². The highest BCUT2D eigenvalue weighted by atomic mass is 19.1. The molecule has 0 fully saturated rings. The van der Waals surface area contributed by atoms with Crippen LogP contribution >= 0.6 is 0 Å². The molecule has 0 radical (unpaired) electrons. The molecule has 0 aliphatic rings. The minimum Gasteiger partial charge on any atom is -0.482 e. The molecule has 0 spiro atoms. The third kappa shape index (κ3) is 2.88. The Bertz CT molecular complexity index is 599. The molecule has 0 aliphatic heterocycles. The smallest absolute Gasteiger partial charge is 0.311 e. The second kappa shape index (κ2) is 5.48. The fourth-order valence-electron chi connectivity index (χ4n) is 1.71. The van der Waals surface area contributed by atoms with Gasteiger partial charge in [0.05, 0.1) is 4.92 Å². The Morgan fingerprint density at radius 1 is 1.21 bits per heavy atom. The zero-order chi connectivity index (χ0) is 13.8. The van der Waals surface area contributed by atoms with Crippen molar-refractivity contribution in [1.29, 1.82) is 0 Å². The molecule has 5 heteroatoms. The number of hydrogen-bond acceptors (Lipinski definition) is 3. The van der Waals surface area contributed by atoms with Crippen LogP contribution in [0.1, 0.15) is 11.1 Å². The number of halogens is 1. The molecule has 2 aromatic carbocycles. The quantitative estimate of drug-likeness (QED) is 0.624. The Hall–Kier alpha value is -2.43. The van der Waals surface area contributed by atoms with E-state index in [4.69, 9.17) is 4.74 Å². The van der Waals surface area contributed by atoms with E-state index < -0.39 is 10.7 Å². The Morgan fingerprint density at radius 3 is 2.53 bits per heavy atom. The number of nitro benzene ring substituents is 1. The molecular weight excluding hydrogens is 249 g/mol. The van der Waals surface area contributed by atoms with Gasteiger partial charge in [-0.3, -0.25) is 10.1 Å². The van der Waals surface area contributed by atoms with Crippen molar-refractivity contribution in [3.8, 4) is 5.75 Å². The van der Waals surface area contributed by atoms with E-state index in [1.165, 1.54) is 6.92 Å². The molecule has 2 rings (SSSR count). The summed E-state index contributed by atoms with van der Waals surface area (Å²) >= 11 is 0. The van der Waals surface area contributed by atoms with Crippen molar-refractivity contribution >= 4 is 5.69 Å². The molecule has 0 amide bonds. The summed E-state index contributed by atoms with van der Waals surface area (Å²) in [5.74, 6) is -0.539. The first kappa shape index (κ1) is 13.0. The van der Waals surface area contributed by atoms with Crippen LogP contribution in [0.15, 0.2) is 42.5 Å². The molecule has 0 atom stereocenters. The summed E-state index contributed by atoms with van der Waals surface area (Å²) in [5, 5.41) is 10.9. The van der Waals surface area contributed by atoms with E-state index in [9.17, 15) is 14.5 Å². The van der Waals surface area contributed by atoms with Gasteiger partial charge in [-0.05, 0) is 18.6 Å². The van der Waals surface area contributed by atoms with E-state index in [1.807, 2.05) is 30.3 Å². The average Bonchev–Trinajstić information content (AvgIpc) is 2.41. The van der Waals surface area contributed by atoms with Crippen LogP contribution in [0.25, 0.3) is 0 Å². The van der Waals surface area contributed by atoms with Gasteiger partial charge < -0.3 is 4.74 Å². The van der Waals surface area contributed by atoms with Crippen molar-refractivity contribution in [2.75, 3.05) is 0 Å². The van der Waals surface area contributed by atoms with Crippen LogP contribution in [0.4, 0.5) is 10.1 Å². The van der Waals surface area contributed by atoms with Gasteiger partial charge in [-0.2, -0.15) is 0 Å². The minimum atomic E-state index is -0.577. The second-order valence-electron chi connectivity index (χ2n) is 4.05. The summed E-state index contributed by atoms with van der Waals surface area (Å²) < 4.78 is 18.9. The predicted molar refractivity (Wildman–Crippen MR) is 68.6 cm³/mol. The first-order chi connectivity index (χ1) is 9.09. The van der Waals surface area contributed by atoms with Crippen molar-refractivity contribution in [3.63, 3.8) is 0 Å². The van der Waals surface area contributed by atoms with Crippen LogP contribution in [0.2, 0.25) is 0 Å². The largest absolute Gasteiger partial charge is 0.482 e. The van der Waals surface area contributed by atoms with E-state index in [1.54, 1.807) is 0 Å². The van der Waals surface area contributed by atoms with E-state index >= 15 is 0 Å². The number of nitrogens with zero attached hydrogens (tertiary/aromatic N) is 1. The van der Waals surface area contributed by atoms with Gasteiger partial charge in [0.2, 0.25) is 5.75 Å². The van der Waals surface area contributed by atoms with Gasteiger partial charge in [-0.25, -0.2) is 4.39 Å². The van der Waals surface area contributed by atoms with E-state index in [-0.39, 0.29) is 23.6 Å². The number of nitro groups is 1. The van der Waals surface area contributed by atoms with Crippen LogP contribution in [0.3, 0.4) is 0 Å². The zero-order valence-corrected chi connectivity index (χ0v) is 10.3. The summed E-state index contributed by atoms with van der Waals surface area (Å²) in [6.07, 6.45) is 0. The van der Waals surface area contributed by atoms with Gasteiger partial charge in [0, 0.05) is 11.6 Å². The lowest BCUT2D eigenvalue weighted by Gasteiger charge is -2.10. The molecule has 0 aliphatic carbocycles. The van der Waals surface area contributed by atoms with E-state index in [0.717, 1.165) is 17.7 Å². The van der Waals surface area contributed by atoms with Crippen molar-refractivity contribution in [2.24, 2.45) is 0 Å². The molecule has 0 bridgehead atoms. The summed E-state index contributed by atoms with van der Waals surface area (Å²) in [5.41, 5.74) is 0.778. The summed E-state index contributed by atoms with van der Waals surface area (Å²) in [4.78, 5) is 10.3. The van der Waals surface area contributed by atoms with Crippen molar-refractivity contribution in [2.45, 2.75) is 13.5 Å². The Balaban J connectivity index is 2.28. The molecule has 0 N–H and O–H groups in total. The lowest BCUT2D eigenvalue weighted by molar-refractivity contribution is -0.386. The average molecular weight is 261 g/mol. The lowest BCUT2D eigenvalue weighted by Crippen LogP contribution is -2.02. The summed E-state index contributed by atoms with van der Waals surface area (Å²) in [6, 6.07) is 11.4. The monoisotopic (exact) mass is 261 g/mol. The van der Waals surface area contributed by atoms with Crippen LogP contribution in [-0.4, -0.2) is 4.92 Å². The van der Waals surface area contributed by atoms with Gasteiger partial charge in [0.25, 0.3) is 0 Å². The molecule has 98 valence electrons. The topological polar surface area (TPSA) is 52.4 Å². The zero-order valence-electron chi connectivity index (χ0n) is 10.3. The molecule has 0 saturated heterocycles. The number of hydrogen-bond donors (Lipinski definition) is 0. The van der Waals surface area contributed by atoms with Crippen LogP contribution in [-0.2, 0) is 6.61 Å². The van der Waals surface area contributed by atoms with Crippen LogP contribution in [0.5, 0.6) is 5.75 Å². The van der Waals surface area contributed by atoms with Gasteiger partial charge in [-0.15, -0.1) is 0 Å². The van der Waals surface area contributed by atoms with E-state index in [0.29, 0.717) is 0 Å². The summed E-state index contributed by atoms with van der Waals surface area (Å²) in [6.45, 7) is 1.62. The Kier molecular flexibility index (Phi) is 3.75. The maximum absolute atomic E-state index is 13.4. The molecule has 0 heterocycles. The van der Waals surface area contributed by atoms with Gasteiger partial charge in [0.15, 0.2) is 0 Å². The number of benzene rings is 2. The predicted octanol–water partition coefficient (Wildman–Crippen LogP) is 3.62. The Labute approximate surface area is 109 Å². The standard InChI is InChI=1S/C14H12FNO3/c1-10-12(15)7-8-13(16(17)18)14(10)19-9-11-5-3-2-4-6-11/h2-8H,9H2,1H3. The third-order valence-corrected chi connectivity index (χ3v) is 2.74. The van der Waals surface area contributed by atoms with E-state index in [2.05, 4.69) is 0 Å². The molecule has 4 nitrogen and oxygen atoms in total. The minimum absolute atomic E-state index is 0.0196. The molecule has 0 unspecified atom stereocenters. The van der Waals surface area contributed by atoms with Crippen LogP contribution < -0.4 is 4.74 Å². The molecular formula is C14H12FNO3. The molecule has 2 aromatic rings. The fourth-order valence-corrected chi connectivity index (χ4v) is 1.71. The maximum atomic E-state index is 13.4. The SMILES string of the molecule is Cc1c(F)ccc([N+](=O)[O-])c1OCc1ccccc1. The molecule has 0 aromatic heterocycles.